The molecular weight excluding hydrogens is 584 g/mol. The second-order valence-corrected chi connectivity index (χ2v) is 13.2. The standard InChI is InChI=1S/C40H48N4O3/c1-29(28-40(2,3)41)24-37(45)43(4)36(27-32-20-21-33-18-12-13-19-34(33)25-32)39(47)44(5)35(26-31-16-10-7-11-17-31)38(46)42-23-22-30-14-8-6-9-15-30/h6-21,24-25,35-36H,22-23,26-28,41H2,1-5H3,(H,42,46)/b29-24+/t35-,36-/m1/s1. The molecule has 0 unspecified atom stereocenters. The van der Waals surface area contributed by atoms with Crippen LogP contribution in [0.5, 0.6) is 0 Å². The number of benzene rings is 4. The van der Waals surface area contributed by atoms with Crippen LogP contribution >= 0.6 is 0 Å². The molecule has 0 saturated heterocycles. The number of nitrogens with two attached hydrogens (primary N) is 1. The third-order valence-electron chi connectivity index (χ3n) is 8.39. The van der Waals surface area contributed by atoms with E-state index in [9.17, 15) is 14.4 Å². The monoisotopic (exact) mass is 632 g/mol. The van der Waals surface area contributed by atoms with Crippen molar-refractivity contribution >= 4 is 28.5 Å². The molecule has 0 radical (unpaired) electrons. The quantitative estimate of drug-likeness (QED) is 0.174. The van der Waals surface area contributed by atoms with E-state index in [0.29, 0.717) is 32.2 Å². The Bertz CT molecular complexity index is 1680. The predicted molar refractivity (Wildman–Crippen MR) is 191 cm³/mol. The number of fused-ring (bicyclic) bond motifs is 1. The normalized spacial score (nSPS) is 13.1. The van der Waals surface area contributed by atoms with Crippen molar-refractivity contribution in [2.75, 3.05) is 20.6 Å². The lowest BCUT2D eigenvalue weighted by molar-refractivity contribution is -0.146. The van der Waals surface area contributed by atoms with Gasteiger partial charge in [0.05, 0.1) is 0 Å². The summed E-state index contributed by atoms with van der Waals surface area (Å²) in [5, 5.41) is 5.21. The first-order valence-corrected chi connectivity index (χ1v) is 16.2. The van der Waals surface area contributed by atoms with Crippen molar-refractivity contribution in [3.63, 3.8) is 0 Å². The lowest BCUT2D eigenvalue weighted by Gasteiger charge is -2.34. The molecule has 0 saturated carbocycles. The summed E-state index contributed by atoms with van der Waals surface area (Å²) in [7, 11) is 3.32. The van der Waals surface area contributed by atoms with Crippen LogP contribution in [0.2, 0.25) is 0 Å². The molecule has 4 rings (SSSR count). The number of carbonyl (C=O) groups is 3. The highest BCUT2D eigenvalue weighted by atomic mass is 16.2. The first-order valence-electron chi connectivity index (χ1n) is 16.2. The van der Waals surface area contributed by atoms with Crippen LogP contribution in [0.15, 0.2) is 115 Å². The minimum atomic E-state index is -0.848. The van der Waals surface area contributed by atoms with Crippen molar-refractivity contribution in [3.05, 3.63) is 131 Å². The zero-order chi connectivity index (χ0) is 34.0. The maximum atomic E-state index is 14.5. The molecular formula is C40H48N4O3. The molecule has 0 aliphatic heterocycles. The molecule has 2 atom stereocenters. The minimum Gasteiger partial charge on any atom is -0.354 e. The van der Waals surface area contributed by atoms with Gasteiger partial charge >= 0.3 is 0 Å². The Morgan fingerprint density at radius 3 is 1.96 bits per heavy atom. The third-order valence-corrected chi connectivity index (χ3v) is 8.39. The molecule has 0 aliphatic carbocycles. The van der Waals surface area contributed by atoms with Crippen LogP contribution in [0.3, 0.4) is 0 Å². The smallest absolute Gasteiger partial charge is 0.246 e. The van der Waals surface area contributed by atoms with Crippen LogP contribution in [-0.2, 0) is 33.6 Å². The fourth-order valence-corrected chi connectivity index (χ4v) is 5.94. The minimum absolute atomic E-state index is 0.236. The Kier molecular flexibility index (Phi) is 12.1. The fraction of sp³-hybridized carbons (Fsp3) is 0.325. The van der Waals surface area contributed by atoms with Crippen LogP contribution in [0.1, 0.15) is 43.9 Å². The van der Waals surface area contributed by atoms with E-state index in [1.54, 1.807) is 20.2 Å². The Morgan fingerprint density at radius 1 is 0.745 bits per heavy atom. The predicted octanol–water partition coefficient (Wildman–Crippen LogP) is 5.71. The van der Waals surface area contributed by atoms with Gasteiger partial charge in [0.1, 0.15) is 12.1 Å². The Morgan fingerprint density at radius 2 is 1.32 bits per heavy atom. The topological polar surface area (TPSA) is 95.7 Å². The van der Waals surface area contributed by atoms with E-state index >= 15 is 0 Å². The van der Waals surface area contributed by atoms with Crippen LogP contribution in [0.25, 0.3) is 10.8 Å². The van der Waals surface area contributed by atoms with Gasteiger partial charge in [-0.25, -0.2) is 0 Å². The molecule has 0 bridgehead atoms. The maximum Gasteiger partial charge on any atom is 0.246 e. The van der Waals surface area contributed by atoms with E-state index in [1.807, 2.05) is 118 Å². The lowest BCUT2D eigenvalue weighted by Crippen LogP contribution is -2.56. The van der Waals surface area contributed by atoms with Crippen molar-refractivity contribution in [3.8, 4) is 0 Å². The summed E-state index contributed by atoms with van der Waals surface area (Å²) in [4.78, 5) is 44.9. The summed E-state index contributed by atoms with van der Waals surface area (Å²) >= 11 is 0. The zero-order valence-corrected chi connectivity index (χ0v) is 28.3. The number of hydrogen-bond acceptors (Lipinski definition) is 4. The molecule has 7 heteroatoms. The molecule has 7 nitrogen and oxygen atoms in total. The average molecular weight is 633 g/mol. The summed E-state index contributed by atoms with van der Waals surface area (Å²) in [6.45, 7) is 6.15. The SMILES string of the molecule is C/C(=C\C(=O)N(C)[C@H](Cc1ccc2ccccc2c1)C(=O)N(C)[C@H](Cc1ccccc1)C(=O)NCCc1ccccc1)CC(C)(C)N. The van der Waals surface area contributed by atoms with Crippen molar-refractivity contribution in [2.24, 2.45) is 5.73 Å². The molecule has 0 fully saturated rings. The van der Waals surface area contributed by atoms with Crippen LogP contribution in [0.4, 0.5) is 0 Å². The second-order valence-electron chi connectivity index (χ2n) is 13.2. The van der Waals surface area contributed by atoms with Gasteiger partial charge in [-0.3, -0.25) is 14.4 Å². The summed E-state index contributed by atoms with van der Waals surface area (Å²) in [6, 6.07) is 32.2. The van der Waals surface area contributed by atoms with Crippen LogP contribution in [0, 0.1) is 0 Å². The lowest BCUT2D eigenvalue weighted by atomic mass is 9.96. The average Bonchev–Trinajstić information content (AvgIpc) is 3.05. The Labute approximate surface area is 279 Å². The van der Waals surface area contributed by atoms with Gasteiger partial charge in [0.2, 0.25) is 17.7 Å². The van der Waals surface area contributed by atoms with E-state index in [1.165, 1.54) is 9.80 Å². The number of nitrogens with one attached hydrogen (secondary N) is 1. The summed E-state index contributed by atoms with van der Waals surface area (Å²) in [5.74, 6) is -0.829. The Hall–Kier alpha value is -4.75. The molecule has 3 amide bonds. The van der Waals surface area contributed by atoms with Gasteiger partial charge in [-0.2, -0.15) is 0 Å². The maximum absolute atomic E-state index is 14.5. The summed E-state index contributed by atoms with van der Waals surface area (Å²) in [5.41, 5.74) is 9.55. The highest BCUT2D eigenvalue weighted by Gasteiger charge is 2.35. The van der Waals surface area contributed by atoms with Gasteiger partial charge < -0.3 is 20.9 Å². The molecule has 246 valence electrons. The van der Waals surface area contributed by atoms with Gasteiger partial charge in [0.25, 0.3) is 0 Å². The molecule has 3 N–H and O–H groups in total. The van der Waals surface area contributed by atoms with Crippen LogP contribution in [-0.4, -0.2) is 65.8 Å². The van der Waals surface area contributed by atoms with E-state index in [0.717, 1.165) is 33.0 Å². The fourth-order valence-electron chi connectivity index (χ4n) is 5.94. The van der Waals surface area contributed by atoms with E-state index in [-0.39, 0.29) is 17.7 Å². The van der Waals surface area contributed by atoms with Crippen molar-refractivity contribution < 1.29 is 14.4 Å². The molecule has 4 aromatic rings. The molecule has 4 aromatic carbocycles. The van der Waals surface area contributed by atoms with Crippen molar-refractivity contribution in [1.82, 2.24) is 15.1 Å². The van der Waals surface area contributed by atoms with Crippen molar-refractivity contribution in [2.45, 2.75) is 64.1 Å². The number of amides is 3. The summed E-state index contributed by atoms with van der Waals surface area (Å²) < 4.78 is 0. The summed E-state index contributed by atoms with van der Waals surface area (Å²) in [6.07, 6.45) is 3.41. The van der Waals surface area contributed by atoms with Crippen LogP contribution < -0.4 is 11.1 Å². The second kappa shape index (κ2) is 16.2. The Balaban J connectivity index is 1.63. The van der Waals surface area contributed by atoms with E-state index in [4.69, 9.17) is 5.73 Å². The molecule has 0 spiro atoms. The van der Waals surface area contributed by atoms with E-state index in [2.05, 4.69) is 11.4 Å². The van der Waals surface area contributed by atoms with E-state index < -0.39 is 17.6 Å². The van der Waals surface area contributed by atoms with Gasteiger partial charge in [0.15, 0.2) is 0 Å². The highest BCUT2D eigenvalue weighted by molar-refractivity contribution is 5.95. The van der Waals surface area contributed by atoms with Gasteiger partial charge in [0, 0.05) is 45.1 Å². The number of carbonyl (C=O) groups excluding carboxylic acids is 3. The molecule has 0 heterocycles. The largest absolute Gasteiger partial charge is 0.354 e. The number of hydrogen-bond donors (Lipinski definition) is 2. The molecule has 0 aromatic heterocycles. The van der Waals surface area contributed by atoms with Gasteiger partial charge in [-0.1, -0.05) is 109 Å². The number of rotatable bonds is 14. The first kappa shape index (κ1) is 35.1. The van der Waals surface area contributed by atoms with Crippen molar-refractivity contribution in [1.29, 1.82) is 0 Å². The highest BCUT2D eigenvalue weighted by Crippen LogP contribution is 2.21. The number of nitrogens with zero attached hydrogens (tertiary/aromatic N) is 2. The zero-order valence-electron chi connectivity index (χ0n) is 28.3. The first-order chi connectivity index (χ1) is 22.4. The molecule has 0 aliphatic rings. The van der Waals surface area contributed by atoms with Gasteiger partial charge in [-0.05, 0) is 61.1 Å². The number of likely N-dealkylation sites (N-methyl/N-ethyl adjacent to an activating group) is 2. The molecule has 47 heavy (non-hydrogen) atoms. The van der Waals surface area contributed by atoms with Gasteiger partial charge in [-0.15, -0.1) is 0 Å². The third kappa shape index (κ3) is 10.4.